The molecular formula is C20H17N5OS2. The van der Waals surface area contributed by atoms with Crippen molar-refractivity contribution in [2.24, 2.45) is 0 Å². The highest BCUT2D eigenvalue weighted by Crippen LogP contribution is 2.25. The lowest BCUT2D eigenvalue weighted by Crippen LogP contribution is -2.14. The zero-order valence-electron chi connectivity index (χ0n) is 15.1. The standard InChI is InChI=1S/C20H17N5OS2/c1-14-12-27-19(21-14)22-17(26)13-28-20-23-18(15-8-4-2-5-9-15)25(24-20)16-10-6-3-7-11-16/h2-12H,13H2,1H3,(H,21,22,26). The summed E-state index contributed by atoms with van der Waals surface area (Å²) in [5.41, 5.74) is 2.78. The maximum atomic E-state index is 12.2. The Kier molecular flexibility index (Phi) is 5.50. The monoisotopic (exact) mass is 407 g/mol. The molecule has 1 N–H and O–H groups in total. The second-order valence-electron chi connectivity index (χ2n) is 5.96. The molecule has 2 aromatic carbocycles. The molecule has 0 aliphatic rings. The van der Waals surface area contributed by atoms with Crippen LogP contribution < -0.4 is 5.32 Å². The number of aromatic nitrogens is 4. The average molecular weight is 408 g/mol. The molecule has 1 amide bonds. The van der Waals surface area contributed by atoms with Gasteiger partial charge in [0.05, 0.1) is 17.1 Å². The smallest absolute Gasteiger partial charge is 0.236 e. The van der Waals surface area contributed by atoms with Crippen LogP contribution in [0.4, 0.5) is 5.13 Å². The number of thiazole rings is 1. The average Bonchev–Trinajstić information content (AvgIpc) is 3.34. The van der Waals surface area contributed by atoms with Gasteiger partial charge in [-0.25, -0.2) is 14.6 Å². The molecule has 2 heterocycles. The highest BCUT2D eigenvalue weighted by Gasteiger charge is 2.15. The van der Waals surface area contributed by atoms with E-state index in [-0.39, 0.29) is 11.7 Å². The summed E-state index contributed by atoms with van der Waals surface area (Å²) in [5, 5.41) is 10.5. The first-order chi connectivity index (χ1) is 13.7. The summed E-state index contributed by atoms with van der Waals surface area (Å²) in [6.07, 6.45) is 0. The van der Waals surface area contributed by atoms with E-state index in [2.05, 4.69) is 20.4 Å². The molecule has 0 fully saturated rings. The van der Waals surface area contributed by atoms with Gasteiger partial charge < -0.3 is 5.32 Å². The van der Waals surface area contributed by atoms with Crippen LogP contribution in [0.3, 0.4) is 0 Å². The third kappa shape index (κ3) is 4.29. The van der Waals surface area contributed by atoms with E-state index in [1.807, 2.05) is 73.0 Å². The number of aryl methyl sites for hydroxylation is 1. The normalized spacial score (nSPS) is 10.8. The molecule has 4 rings (SSSR count). The number of amides is 1. The van der Waals surface area contributed by atoms with Crippen LogP contribution in [0.15, 0.2) is 71.2 Å². The van der Waals surface area contributed by atoms with Crippen molar-refractivity contribution in [1.82, 2.24) is 19.7 Å². The quantitative estimate of drug-likeness (QED) is 0.479. The van der Waals surface area contributed by atoms with Crippen LogP contribution >= 0.6 is 23.1 Å². The highest BCUT2D eigenvalue weighted by atomic mass is 32.2. The predicted octanol–water partition coefficient (Wildman–Crippen LogP) is 4.43. The molecule has 2 aromatic heterocycles. The summed E-state index contributed by atoms with van der Waals surface area (Å²) in [4.78, 5) is 21.1. The lowest BCUT2D eigenvalue weighted by molar-refractivity contribution is -0.113. The largest absolute Gasteiger partial charge is 0.301 e. The van der Waals surface area contributed by atoms with Gasteiger partial charge in [-0.3, -0.25) is 4.79 Å². The Morgan fingerprint density at radius 2 is 1.79 bits per heavy atom. The molecule has 0 unspecified atom stereocenters. The number of rotatable bonds is 6. The van der Waals surface area contributed by atoms with Crippen molar-refractivity contribution in [3.05, 3.63) is 71.7 Å². The number of benzene rings is 2. The topological polar surface area (TPSA) is 72.7 Å². The molecule has 140 valence electrons. The molecule has 6 nitrogen and oxygen atoms in total. The second-order valence-corrected chi connectivity index (χ2v) is 7.76. The second kappa shape index (κ2) is 8.37. The third-order valence-corrected chi connectivity index (χ3v) is 5.53. The summed E-state index contributed by atoms with van der Waals surface area (Å²) in [5.74, 6) is 0.827. The van der Waals surface area contributed by atoms with Crippen LogP contribution in [-0.4, -0.2) is 31.4 Å². The van der Waals surface area contributed by atoms with Crippen molar-refractivity contribution in [1.29, 1.82) is 0 Å². The lowest BCUT2D eigenvalue weighted by atomic mass is 10.2. The molecule has 0 atom stereocenters. The van der Waals surface area contributed by atoms with Crippen molar-refractivity contribution in [3.8, 4) is 17.1 Å². The van der Waals surface area contributed by atoms with Crippen LogP contribution in [0.25, 0.3) is 17.1 Å². The number of nitrogens with zero attached hydrogens (tertiary/aromatic N) is 4. The van der Waals surface area contributed by atoms with Crippen LogP contribution in [0.1, 0.15) is 5.69 Å². The Hall–Kier alpha value is -2.97. The molecule has 28 heavy (non-hydrogen) atoms. The molecule has 0 bridgehead atoms. The van der Waals surface area contributed by atoms with Gasteiger partial charge in [-0.05, 0) is 19.1 Å². The minimum atomic E-state index is -0.128. The number of thioether (sulfide) groups is 1. The Bertz CT molecular complexity index is 1020. The van der Waals surface area contributed by atoms with Gasteiger partial charge in [0.25, 0.3) is 0 Å². The van der Waals surface area contributed by atoms with Gasteiger partial charge >= 0.3 is 0 Å². The van der Waals surface area contributed by atoms with E-state index in [1.54, 1.807) is 4.68 Å². The zero-order valence-corrected chi connectivity index (χ0v) is 16.7. The van der Waals surface area contributed by atoms with E-state index < -0.39 is 0 Å². The third-order valence-electron chi connectivity index (χ3n) is 3.82. The van der Waals surface area contributed by atoms with Crippen molar-refractivity contribution < 1.29 is 4.79 Å². The van der Waals surface area contributed by atoms with Crippen molar-refractivity contribution in [2.45, 2.75) is 12.1 Å². The Morgan fingerprint density at radius 1 is 1.07 bits per heavy atom. The number of carbonyl (C=O) groups excluding carboxylic acids is 1. The van der Waals surface area contributed by atoms with E-state index in [0.717, 1.165) is 22.8 Å². The van der Waals surface area contributed by atoms with E-state index in [9.17, 15) is 4.79 Å². The molecule has 4 aromatic rings. The summed E-state index contributed by atoms with van der Waals surface area (Å²) >= 11 is 2.71. The first-order valence-corrected chi connectivity index (χ1v) is 10.5. The number of carbonyl (C=O) groups is 1. The zero-order chi connectivity index (χ0) is 19.3. The fourth-order valence-electron chi connectivity index (χ4n) is 2.57. The number of para-hydroxylation sites is 1. The summed E-state index contributed by atoms with van der Waals surface area (Å²) in [6.45, 7) is 1.89. The molecule has 0 aliphatic carbocycles. The van der Waals surface area contributed by atoms with Gasteiger partial charge in [-0.2, -0.15) is 0 Å². The van der Waals surface area contributed by atoms with Crippen LogP contribution in [-0.2, 0) is 4.79 Å². The van der Waals surface area contributed by atoms with Gasteiger partial charge in [-0.1, -0.05) is 60.3 Å². The Morgan fingerprint density at radius 3 is 2.46 bits per heavy atom. The first-order valence-electron chi connectivity index (χ1n) is 8.62. The van der Waals surface area contributed by atoms with Gasteiger partial charge in [-0.15, -0.1) is 16.4 Å². The SMILES string of the molecule is Cc1csc(NC(=O)CSc2nc(-c3ccccc3)n(-c3ccccc3)n2)n1. The van der Waals surface area contributed by atoms with E-state index >= 15 is 0 Å². The van der Waals surface area contributed by atoms with E-state index in [1.165, 1.54) is 23.1 Å². The Labute approximate surface area is 170 Å². The first kappa shape index (κ1) is 18.4. The number of anilines is 1. The Balaban J connectivity index is 1.54. The molecule has 8 heteroatoms. The molecule has 0 saturated heterocycles. The van der Waals surface area contributed by atoms with Crippen LogP contribution in [0.5, 0.6) is 0 Å². The van der Waals surface area contributed by atoms with Gasteiger partial charge in [0.1, 0.15) is 0 Å². The number of hydrogen-bond donors (Lipinski definition) is 1. The van der Waals surface area contributed by atoms with Crippen molar-refractivity contribution in [3.63, 3.8) is 0 Å². The summed E-state index contributed by atoms with van der Waals surface area (Å²) in [7, 11) is 0. The number of nitrogens with one attached hydrogen (secondary N) is 1. The van der Waals surface area contributed by atoms with Crippen molar-refractivity contribution >= 4 is 34.1 Å². The van der Waals surface area contributed by atoms with Crippen LogP contribution in [0, 0.1) is 6.92 Å². The molecule has 0 aliphatic heterocycles. The fraction of sp³-hybridized carbons (Fsp3) is 0.100. The maximum Gasteiger partial charge on any atom is 0.236 e. The highest BCUT2D eigenvalue weighted by molar-refractivity contribution is 7.99. The van der Waals surface area contributed by atoms with Crippen LogP contribution in [0.2, 0.25) is 0 Å². The maximum absolute atomic E-state index is 12.2. The minimum absolute atomic E-state index is 0.128. The molecule has 0 radical (unpaired) electrons. The summed E-state index contributed by atoms with van der Waals surface area (Å²) in [6, 6.07) is 19.7. The molecule has 0 saturated carbocycles. The van der Waals surface area contributed by atoms with E-state index in [0.29, 0.717) is 10.3 Å². The number of hydrogen-bond acceptors (Lipinski definition) is 6. The summed E-state index contributed by atoms with van der Waals surface area (Å²) < 4.78 is 1.81. The molecule has 0 spiro atoms. The minimum Gasteiger partial charge on any atom is -0.301 e. The van der Waals surface area contributed by atoms with Crippen molar-refractivity contribution in [2.75, 3.05) is 11.1 Å². The van der Waals surface area contributed by atoms with Gasteiger partial charge in [0.2, 0.25) is 11.1 Å². The van der Waals surface area contributed by atoms with E-state index in [4.69, 9.17) is 0 Å². The van der Waals surface area contributed by atoms with Gasteiger partial charge in [0.15, 0.2) is 11.0 Å². The van der Waals surface area contributed by atoms with Gasteiger partial charge in [0, 0.05) is 10.9 Å². The fourth-order valence-corrected chi connectivity index (χ4v) is 3.90. The molecular weight excluding hydrogens is 390 g/mol. The lowest BCUT2D eigenvalue weighted by Gasteiger charge is -2.05. The predicted molar refractivity (Wildman–Crippen MR) is 113 cm³/mol.